The summed E-state index contributed by atoms with van der Waals surface area (Å²) in [4.78, 5) is 4.05. The molecule has 0 N–H and O–H groups in total. The average Bonchev–Trinajstić information content (AvgIpc) is 2.32. The fourth-order valence-corrected chi connectivity index (χ4v) is 1.49. The summed E-state index contributed by atoms with van der Waals surface area (Å²) >= 11 is 5.77. The molecule has 0 aliphatic heterocycles. The van der Waals surface area contributed by atoms with Crippen LogP contribution in [0.5, 0.6) is 11.6 Å². The molecule has 3 nitrogen and oxygen atoms in total. The van der Waals surface area contributed by atoms with Crippen LogP contribution in [0.1, 0.15) is 11.1 Å². The van der Waals surface area contributed by atoms with Gasteiger partial charge in [-0.25, -0.2) is 4.98 Å². The molecule has 1 aromatic carbocycles. The smallest absolute Gasteiger partial charge is 0.237 e. The number of rotatable bonds is 2. The maximum absolute atomic E-state index is 9.03. The van der Waals surface area contributed by atoms with Crippen LogP contribution in [0, 0.1) is 18.3 Å². The van der Waals surface area contributed by atoms with Gasteiger partial charge in [0.1, 0.15) is 17.4 Å². The summed E-state index contributed by atoms with van der Waals surface area (Å²) in [6.45, 7) is 1.84. The summed E-state index contributed by atoms with van der Waals surface area (Å²) in [6, 6.07) is 10.8. The molecule has 4 heteroatoms. The van der Waals surface area contributed by atoms with Gasteiger partial charge in [-0.05, 0) is 42.8 Å². The number of halogens is 1. The van der Waals surface area contributed by atoms with Crippen molar-refractivity contribution in [3.63, 3.8) is 0 Å². The van der Waals surface area contributed by atoms with Crippen LogP contribution in [0.4, 0.5) is 0 Å². The fraction of sp³-hybridized carbons (Fsp3) is 0.0769. The number of hydrogen-bond donors (Lipinski definition) is 0. The maximum Gasteiger partial charge on any atom is 0.237 e. The van der Waals surface area contributed by atoms with Gasteiger partial charge in [-0.3, -0.25) is 0 Å². The second-order valence-corrected chi connectivity index (χ2v) is 3.91. The van der Waals surface area contributed by atoms with Crippen molar-refractivity contribution in [2.45, 2.75) is 6.92 Å². The Bertz CT molecular complexity index is 573. The van der Waals surface area contributed by atoms with E-state index >= 15 is 0 Å². The van der Waals surface area contributed by atoms with Gasteiger partial charge in [0, 0.05) is 11.2 Å². The molecule has 0 spiro atoms. The Morgan fingerprint density at radius 1 is 1.24 bits per heavy atom. The van der Waals surface area contributed by atoms with Crippen LogP contribution in [-0.2, 0) is 0 Å². The summed E-state index contributed by atoms with van der Waals surface area (Å²) in [6.07, 6.45) is 1.61. The number of nitriles is 1. The quantitative estimate of drug-likeness (QED) is 0.809. The second kappa shape index (κ2) is 4.86. The molecule has 1 heterocycles. The topological polar surface area (TPSA) is 45.9 Å². The first-order valence-corrected chi connectivity index (χ1v) is 5.37. The van der Waals surface area contributed by atoms with E-state index in [1.54, 1.807) is 36.5 Å². The Hall–Kier alpha value is -2.05. The van der Waals surface area contributed by atoms with Crippen molar-refractivity contribution in [2.75, 3.05) is 0 Å². The Kier molecular flexibility index (Phi) is 3.27. The highest BCUT2D eigenvalue weighted by molar-refractivity contribution is 6.30. The molecule has 84 valence electrons. The number of aryl methyl sites for hydroxylation is 1. The lowest BCUT2D eigenvalue weighted by Crippen LogP contribution is -1.93. The zero-order valence-electron chi connectivity index (χ0n) is 9.14. The molecule has 0 saturated heterocycles. The normalized spacial score (nSPS) is 9.71. The molecule has 0 radical (unpaired) electrons. The lowest BCUT2D eigenvalue weighted by molar-refractivity contribution is 0.461. The van der Waals surface area contributed by atoms with Crippen LogP contribution in [0.25, 0.3) is 0 Å². The van der Waals surface area contributed by atoms with E-state index in [1.807, 2.05) is 6.92 Å². The van der Waals surface area contributed by atoms with Gasteiger partial charge >= 0.3 is 0 Å². The maximum atomic E-state index is 9.03. The Balaban J connectivity index is 2.34. The van der Waals surface area contributed by atoms with E-state index < -0.39 is 0 Å². The minimum Gasteiger partial charge on any atom is -0.438 e. The minimum absolute atomic E-state index is 0.315. The molecular weight excluding hydrogens is 236 g/mol. The largest absolute Gasteiger partial charge is 0.438 e. The third-order valence-electron chi connectivity index (χ3n) is 2.26. The lowest BCUT2D eigenvalue weighted by Gasteiger charge is -2.07. The molecule has 0 bridgehead atoms. The first kappa shape index (κ1) is 11.4. The number of hydrogen-bond acceptors (Lipinski definition) is 3. The van der Waals surface area contributed by atoms with E-state index in [1.165, 1.54) is 0 Å². The monoisotopic (exact) mass is 244 g/mol. The van der Waals surface area contributed by atoms with E-state index in [9.17, 15) is 0 Å². The molecular formula is C13H9ClN2O. The highest BCUT2D eigenvalue weighted by Gasteiger charge is 2.08. The summed E-state index contributed by atoms with van der Waals surface area (Å²) in [5, 5.41) is 9.66. The number of aromatic nitrogens is 1. The summed E-state index contributed by atoms with van der Waals surface area (Å²) in [7, 11) is 0. The number of nitrogens with zero attached hydrogens (tertiary/aromatic N) is 2. The first-order chi connectivity index (χ1) is 8.20. The minimum atomic E-state index is 0.315. The molecule has 17 heavy (non-hydrogen) atoms. The molecule has 0 atom stereocenters. The van der Waals surface area contributed by atoms with Gasteiger partial charge in [-0.2, -0.15) is 5.26 Å². The van der Waals surface area contributed by atoms with Crippen LogP contribution in [-0.4, -0.2) is 4.98 Å². The van der Waals surface area contributed by atoms with Gasteiger partial charge in [0.25, 0.3) is 0 Å². The van der Waals surface area contributed by atoms with Crippen molar-refractivity contribution in [1.82, 2.24) is 4.98 Å². The molecule has 0 aliphatic carbocycles. The van der Waals surface area contributed by atoms with Crippen molar-refractivity contribution in [1.29, 1.82) is 5.26 Å². The van der Waals surface area contributed by atoms with Crippen LogP contribution in [0.15, 0.2) is 36.5 Å². The van der Waals surface area contributed by atoms with Crippen LogP contribution in [0.3, 0.4) is 0 Å². The zero-order chi connectivity index (χ0) is 12.3. The van der Waals surface area contributed by atoms with E-state index in [2.05, 4.69) is 11.1 Å². The number of ether oxygens (including phenoxy) is 1. The first-order valence-electron chi connectivity index (χ1n) is 5.00. The Morgan fingerprint density at radius 3 is 2.59 bits per heavy atom. The number of benzene rings is 1. The van der Waals surface area contributed by atoms with Crippen molar-refractivity contribution in [3.05, 3.63) is 52.7 Å². The van der Waals surface area contributed by atoms with Gasteiger partial charge in [0.05, 0.1) is 0 Å². The van der Waals surface area contributed by atoms with E-state index in [-0.39, 0.29) is 0 Å². The lowest BCUT2D eigenvalue weighted by atomic mass is 10.2. The molecule has 0 amide bonds. The van der Waals surface area contributed by atoms with Gasteiger partial charge in [-0.1, -0.05) is 11.6 Å². The van der Waals surface area contributed by atoms with Crippen molar-refractivity contribution in [3.8, 4) is 17.7 Å². The third-order valence-corrected chi connectivity index (χ3v) is 2.52. The molecule has 2 aromatic rings. The zero-order valence-corrected chi connectivity index (χ0v) is 9.90. The predicted molar refractivity (Wildman–Crippen MR) is 65.2 cm³/mol. The van der Waals surface area contributed by atoms with Crippen LogP contribution >= 0.6 is 11.6 Å². The second-order valence-electron chi connectivity index (χ2n) is 3.48. The van der Waals surface area contributed by atoms with Crippen molar-refractivity contribution in [2.24, 2.45) is 0 Å². The third kappa shape index (κ3) is 2.55. The SMILES string of the molecule is Cc1ccnc(Oc2ccc(Cl)cc2)c1C#N. The molecule has 0 saturated carbocycles. The van der Waals surface area contributed by atoms with E-state index in [0.29, 0.717) is 22.2 Å². The van der Waals surface area contributed by atoms with Gasteiger partial charge in [-0.15, -0.1) is 0 Å². The van der Waals surface area contributed by atoms with E-state index in [0.717, 1.165) is 5.56 Å². The Morgan fingerprint density at radius 2 is 1.94 bits per heavy atom. The molecule has 0 aliphatic rings. The average molecular weight is 245 g/mol. The predicted octanol–water partition coefficient (Wildman–Crippen LogP) is 3.71. The van der Waals surface area contributed by atoms with E-state index in [4.69, 9.17) is 21.6 Å². The molecule has 2 rings (SSSR count). The van der Waals surface area contributed by atoms with Gasteiger partial charge < -0.3 is 4.74 Å². The van der Waals surface area contributed by atoms with Gasteiger partial charge in [0.2, 0.25) is 5.88 Å². The highest BCUT2D eigenvalue weighted by Crippen LogP contribution is 2.25. The Labute approximate surface area is 104 Å². The van der Waals surface area contributed by atoms with Crippen molar-refractivity contribution >= 4 is 11.6 Å². The van der Waals surface area contributed by atoms with Gasteiger partial charge in [0.15, 0.2) is 0 Å². The summed E-state index contributed by atoms with van der Waals surface area (Å²) in [5.74, 6) is 0.916. The van der Waals surface area contributed by atoms with Crippen molar-refractivity contribution < 1.29 is 4.74 Å². The fourth-order valence-electron chi connectivity index (χ4n) is 1.36. The number of pyridine rings is 1. The standard InChI is InChI=1S/C13H9ClN2O/c1-9-6-7-16-13(12(9)8-15)17-11-4-2-10(14)3-5-11/h2-7H,1H3. The molecule has 1 aromatic heterocycles. The summed E-state index contributed by atoms with van der Waals surface area (Å²) in [5.41, 5.74) is 1.29. The highest BCUT2D eigenvalue weighted by atomic mass is 35.5. The van der Waals surface area contributed by atoms with Crippen LogP contribution in [0.2, 0.25) is 5.02 Å². The molecule has 0 unspecified atom stereocenters. The molecule has 0 fully saturated rings. The van der Waals surface area contributed by atoms with Crippen LogP contribution < -0.4 is 4.74 Å². The summed E-state index contributed by atoms with van der Waals surface area (Å²) < 4.78 is 5.54.